The first kappa shape index (κ1) is 16.8. The Labute approximate surface area is 133 Å². The van der Waals surface area contributed by atoms with Crippen molar-refractivity contribution in [1.82, 2.24) is 10.6 Å². The molecule has 0 aliphatic carbocycles. The summed E-state index contributed by atoms with van der Waals surface area (Å²) in [4.78, 5) is 12.0. The second-order valence-electron chi connectivity index (χ2n) is 6.94. The molecule has 4 nitrogen and oxygen atoms in total. The van der Waals surface area contributed by atoms with Gasteiger partial charge in [0.1, 0.15) is 12.4 Å². The van der Waals surface area contributed by atoms with Gasteiger partial charge in [-0.25, -0.2) is 0 Å². The molecular formula is C18H28N2O2. The van der Waals surface area contributed by atoms with Crippen LogP contribution in [0, 0.1) is 5.92 Å². The molecule has 0 unspecified atom stereocenters. The number of nitrogens with one attached hydrogen (secondary N) is 2. The van der Waals surface area contributed by atoms with Gasteiger partial charge in [0.05, 0.1) is 6.54 Å². The number of rotatable bonds is 5. The van der Waals surface area contributed by atoms with E-state index in [0.717, 1.165) is 31.7 Å². The third kappa shape index (κ3) is 5.02. The van der Waals surface area contributed by atoms with Crippen LogP contribution in [0.15, 0.2) is 24.3 Å². The van der Waals surface area contributed by atoms with Crippen LogP contribution in [0.5, 0.6) is 5.75 Å². The molecule has 4 heteroatoms. The lowest BCUT2D eigenvalue weighted by Crippen LogP contribution is -2.39. The third-order valence-electron chi connectivity index (χ3n) is 4.10. The molecule has 0 atom stereocenters. The zero-order chi connectivity index (χ0) is 16.0. The summed E-state index contributed by atoms with van der Waals surface area (Å²) >= 11 is 0. The van der Waals surface area contributed by atoms with Gasteiger partial charge in [-0.1, -0.05) is 32.9 Å². The molecule has 0 bridgehead atoms. The number of carbonyl (C=O) groups is 1. The van der Waals surface area contributed by atoms with Gasteiger partial charge in [-0.05, 0) is 49.0 Å². The Balaban J connectivity index is 1.69. The first-order chi connectivity index (χ1) is 10.5. The third-order valence-corrected chi connectivity index (χ3v) is 4.10. The maximum Gasteiger partial charge on any atom is 0.223 e. The van der Waals surface area contributed by atoms with Gasteiger partial charge in [0.25, 0.3) is 0 Å². The maximum atomic E-state index is 12.0. The molecule has 1 saturated heterocycles. The zero-order valence-corrected chi connectivity index (χ0v) is 13.9. The normalized spacial score (nSPS) is 16.3. The number of hydrogen-bond donors (Lipinski definition) is 2. The zero-order valence-electron chi connectivity index (χ0n) is 13.9. The van der Waals surface area contributed by atoms with Crippen molar-refractivity contribution in [2.75, 3.05) is 26.2 Å². The Morgan fingerprint density at radius 3 is 2.45 bits per heavy atom. The van der Waals surface area contributed by atoms with Crippen molar-refractivity contribution in [3.8, 4) is 5.75 Å². The summed E-state index contributed by atoms with van der Waals surface area (Å²) in [5.74, 6) is 1.17. The van der Waals surface area contributed by atoms with E-state index < -0.39 is 0 Å². The Bertz CT molecular complexity index is 471. The van der Waals surface area contributed by atoms with Crippen LogP contribution in [0.25, 0.3) is 0 Å². The van der Waals surface area contributed by atoms with Crippen molar-refractivity contribution >= 4 is 5.91 Å². The molecule has 2 N–H and O–H groups in total. The van der Waals surface area contributed by atoms with Crippen LogP contribution in [0.4, 0.5) is 0 Å². The van der Waals surface area contributed by atoms with Gasteiger partial charge < -0.3 is 15.4 Å². The van der Waals surface area contributed by atoms with Gasteiger partial charge in [0.15, 0.2) is 0 Å². The van der Waals surface area contributed by atoms with Crippen molar-refractivity contribution in [3.63, 3.8) is 0 Å². The predicted molar refractivity (Wildman–Crippen MR) is 89.2 cm³/mol. The molecule has 122 valence electrons. The highest BCUT2D eigenvalue weighted by molar-refractivity contribution is 5.78. The van der Waals surface area contributed by atoms with Crippen molar-refractivity contribution in [2.24, 2.45) is 5.92 Å². The summed E-state index contributed by atoms with van der Waals surface area (Å²) in [5, 5.41) is 6.24. The van der Waals surface area contributed by atoms with E-state index in [9.17, 15) is 4.79 Å². The van der Waals surface area contributed by atoms with Gasteiger partial charge in [-0.3, -0.25) is 4.79 Å². The molecule has 0 radical (unpaired) electrons. The molecule has 1 amide bonds. The van der Waals surface area contributed by atoms with Crippen LogP contribution in [0.1, 0.15) is 39.2 Å². The van der Waals surface area contributed by atoms with Crippen LogP contribution in [0.2, 0.25) is 0 Å². The van der Waals surface area contributed by atoms with Gasteiger partial charge in [-0.2, -0.15) is 0 Å². The standard InChI is InChI=1S/C18H28N2O2/c1-18(2,3)15-4-6-16(7-5-15)22-13-12-20-17(21)14-8-10-19-11-9-14/h4-7,14,19H,8-13H2,1-3H3,(H,20,21). The van der Waals surface area contributed by atoms with Crippen molar-refractivity contribution in [3.05, 3.63) is 29.8 Å². The number of carbonyl (C=O) groups excluding carboxylic acids is 1. The monoisotopic (exact) mass is 304 g/mol. The number of piperidine rings is 1. The molecule has 0 aromatic heterocycles. The minimum atomic E-state index is 0.154. The molecule has 1 aliphatic rings. The topological polar surface area (TPSA) is 50.4 Å². The lowest BCUT2D eigenvalue weighted by atomic mass is 9.87. The summed E-state index contributed by atoms with van der Waals surface area (Å²) in [6.07, 6.45) is 1.86. The van der Waals surface area contributed by atoms with E-state index in [1.807, 2.05) is 12.1 Å². The second kappa shape index (κ2) is 7.63. The summed E-state index contributed by atoms with van der Waals surface area (Å²) < 4.78 is 5.68. The molecule has 0 spiro atoms. The first-order valence-electron chi connectivity index (χ1n) is 8.18. The number of benzene rings is 1. The van der Waals surface area contributed by atoms with Crippen molar-refractivity contribution in [1.29, 1.82) is 0 Å². The van der Waals surface area contributed by atoms with E-state index in [1.54, 1.807) is 0 Å². The van der Waals surface area contributed by atoms with E-state index >= 15 is 0 Å². The fourth-order valence-corrected chi connectivity index (χ4v) is 2.62. The maximum absolute atomic E-state index is 12.0. The lowest BCUT2D eigenvalue weighted by Gasteiger charge is -2.21. The summed E-state index contributed by atoms with van der Waals surface area (Å²) in [6.45, 7) is 9.52. The fraction of sp³-hybridized carbons (Fsp3) is 0.611. The smallest absolute Gasteiger partial charge is 0.223 e. The molecule has 22 heavy (non-hydrogen) atoms. The van der Waals surface area contributed by atoms with Crippen LogP contribution >= 0.6 is 0 Å². The highest BCUT2D eigenvalue weighted by Crippen LogP contribution is 2.24. The lowest BCUT2D eigenvalue weighted by molar-refractivity contribution is -0.125. The van der Waals surface area contributed by atoms with E-state index in [-0.39, 0.29) is 17.2 Å². The first-order valence-corrected chi connectivity index (χ1v) is 8.18. The molecule has 1 heterocycles. The van der Waals surface area contributed by atoms with Gasteiger partial charge in [0, 0.05) is 5.92 Å². The Hall–Kier alpha value is -1.55. The van der Waals surface area contributed by atoms with Gasteiger partial charge in [-0.15, -0.1) is 0 Å². The van der Waals surface area contributed by atoms with E-state index in [2.05, 4.69) is 43.5 Å². The highest BCUT2D eigenvalue weighted by Gasteiger charge is 2.20. The average Bonchev–Trinajstić information content (AvgIpc) is 2.52. The number of hydrogen-bond acceptors (Lipinski definition) is 3. The van der Waals surface area contributed by atoms with E-state index in [1.165, 1.54) is 5.56 Å². The quantitative estimate of drug-likeness (QED) is 0.822. The largest absolute Gasteiger partial charge is 0.492 e. The SMILES string of the molecule is CC(C)(C)c1ccc(OCCNC(=O)C2CCNCC2)cc1. The molecule has 1 aromatic carbocycles. The molecule has 1 fully saturated rings. The predicted octanol–water partition coefficient (Wildman–Crippen LogP) is 2.48. The van der Waals surface area contributed by atoms with Crippen LogP contribution in [-0.2, 0) is 10.2 Å². The number of ether oxygens (including phenoxy) is 1. The van der Waals surface area contributed by atoms with Crippen LogP contribution < -0.4 is 15.4 Å². The fourth-order valence-electron chi connectivity index (χ4n) is 2.62. The highest BCUT2D eigenvalue weighted by atomic mass is 16.5. The molecule has 1 aliphatic heterocycles. The summed E-state index contributed by atoms with van der Waals surface area (Å²) in [5.41, 5.74) is 1.44. The van der Waals surface area contributed by atoms with E-state index in [4.69, 9.17) is 4.74 Å². The van der Waals surface area contributed by atoms with Crippen LogP contribution in [0.3, 0.4) is 0 Å². The van der Waals surface area contributed by atoms with Crippen molar-refractivity contribution < 1.29 is 9.53 Å². The summed E-state index contributed by atoms with van der Waals surface area (Å²) in [6, 6.07) is 8.19. The Morgan fingerprint density at radius 2 is 1.86 bits per heavy atom. The van der Waals surface area contributed by atoms with Crippen molar-refractivity contribution in [2.45, 2.75) is 39.0 Å². The Kier molecular flexibility index (Phi) is 5.83. The minimum absolute atomic E-state index is 0.154. The number of amides is 1. The van der Waals surface area contributed by atoms with Gasteiger partial charge >= 0.3 is 0 Å². The molecule has 2 rings (SSSR count). The summed E-state index contributed by atoms with van der Waals surface area (Å²) in [7, 11) is 0. The minimum Gasteiger partial charge on any atom is -0.492 e. The molecule has 0 saturated carbocycles. The molecule has 1 aromatic rings. The second-order valence-corrected chi connectivity index (χ2v) is 6.94. The molecular weight excluding hydrogens is 276 g/mol. The van der Waals surface area contributed by atoms with E-state index in [0.29, 0.717) is 13.2 Å². The van der Waals surface area contributed by atoms with Crippen LogP contribution in [-0.4, -0.2) is 32.1 Å². The average molecular weight is 304 g/mol. The van der Waals surface area contributed by atoms with Gasteiger partial charge in [0.2, 0.25) is 5.91 Å². The Morgan fingerprint density at radius 1 is 1.23 bits per heavy atom.